The van der Waals surface area contributed by atoms with Gasteiger partial charge in [0.05, 0.1) is 5.52 Å². The molecule has 4 heteroatoms. The van der Waals surface area contributed by atoms with Gasteiger partial charge in [0.1, 0.15) is 0 Å². The molecule has 58 heavy (non-hydrogen) atoms. The third-order valence-corrected chi connectivity index (χ3v) is 11.2. The molecule has 0 amide bonds. The lowest BCUT2D eigenvalue weighted by Crippen LogP contribution is -2.01. The Hall–Kier alpha value is -7.82. The van der Waals surface area contributed by atoms with Crippen LogP contribution in [0.5, 0.6) is 0 Å². The molecule has 0 radical (unpaired) electrons. The van der Waals surface area contributed by atoms with Crippen LogP contribution in [0, 0.1) is 0 Å². The fourth-order valence-electron chi connectivity index (χ4n) is 8.43. The van der Waals surface area contributed by atoms with Crippen LogP contribution < -0.4 is 0 Å². The average molecular weight is 739 g/mol. The van der Waals surface area contributed by atoms with Crippen molar-refractivity contribution >= 4 is 43.2 Å². The minimum absolute atomic E-state index is 0.612. The van der Waals surface area contributed by atoms with Crippen molar-refractivity contribution in [2.24, 2.45) is 0 Å². The second-order valence-corrected chi connectivity index (χ2v) is 14.6. The normalized spacial score (nSPS) is 11.4. The molecule has 11 aromatic rings. The van der Waals surface area contributed by atoms with E-state index in [0.29, 0.717) is 17.5 Å². The van der Waals surface area contributed by atoms with Gasteiger partial charge in [-0.2, -0.15) is 0 Å². The van der Waals surface area contributed by atoms with Gasteiger partial charge in [0.25, 0.3) is 0 Å². The monoisotopic (exact) mass is 738 g/mol. The molecule has 2 aromatic heterocycles. The van der Waals surface area contributed by atoms with E-state index in [4.69, 9.17) is 19.9 Å². The molecule has 0 aliphatic rings. The summed E-state index contributed by atoms with van der Waals surface area (Å²) in [6.45, 7) is 0. The maximum Gasteiger partial charge on any atom is 0.164 e. The first-order valence-corrected chi connectivity index (χ1v) is 19.6. The van der Waals surface area contributed by atoms with Crippen molar-refractivity contribution in [2.45, 2.75) is 0 Å². The third kappa shape index (κ3) is 5.78. The maximum atomic E-state index is 5.28. The van der Waals surface area contributed by atoms with Crippen molar-refractivity contribution < 1.29 is 0 Å². The molecule has 0 aliphatic heterocycles. The summed E-state index contributed by atoms with van der Waals surface area (Å²) in [6.07, 6.45) is 1.85. The first-order valence-electron chi connectivity index (χ1n) is 19.6. The summed E-state index contributed by atoms with van der Waals surface area (Å²) in [7, 11) is 0. The third-order valence-electron chi connectivity index (χ3n) is 11.2. The van der Waals surface area contributed by atoms with Gasteiger partial charge in [-0.3, -0.25) is 4.98 Å². The van der Waals surface area contributed by atoms with Gasteiger partial charge in [-0.1, -0.05) is 182 Å². The van der Waals surface area contributed by atoms with Gasteiger partial charge < -0.3 is 0 Å². The van der Waals surface area contributed by atoms with E-state index in [-0.39, 0.29) is 0 Å². The van der Waals surface area contributed by atoms with Crippen LogP contribution >= 0.6 is 0 Å². The number of aromatic nitrogens is 4. The molecule has 4 nitrogen and oxygen atoms in total. The molecular weight excluding hydrogens is 705 g/mol. The molecule has 9 aromatic carbocycles. The first kappa shape index (κ1) is 33.5. The molecule has 0 fully saturated rings. The lowest BCUT2D eigenvalue weighted by molar-refractivity contribution is 1.07. The molecule has 0 spiro atoms. The Labute approximate surface area is 335 Å². The minimum atomic E-state index is 0.612. The number of rotatable bonds is 6. The largest absolute Gasteiger partial charge is 0.256 e. The Morgan fingerprint density at radius 1 is 0.276 bits per heavy atom. The summed E-state index contributed by atoms with van der Waals surface area (Å²) in [6, 6.07) is 70.5. The second kappa shape index (κ2) is 14.0. The number of nitrogens with zero attached hydrogens (tertiary/aromatic N) is 4. The van der Waals surface area contributed by atoms with Gasteiger partial charge in [-0.05, 0) is 78.3 Å². The molecule has 0 atom stereocenters. The predicted octanol–water partition coefficient (Wildman–Crippen LogP) is 13.9. The Kier molecular flexibility index (Phi) is 8.11. The van der Waals surface area contributed by atoms with Crippen LogP contribution in [0.4, 0.5) is 0 Å². The molecule has 0 aliphatic carbocycles. The molecule has 2 heterocycles. The van der Waals surface area contributed by atoms with Crippen molar-refractivity contribution in [2.75, 3.05) is 0 Å². The van der Waals surface area contributed by atoms with E-state index in [0.717, 1.165) is 61.0 Å². The lowest BCUT2D eigenvalue weighted by Gasteiger charge is -2.18. The molecule has 0 N–H and O–H groups in total. The Balaban J connectivity index is 1.15. The van der Waals surface area contributed by atoms with Crippen molar-refractivity contribution in [3.8, 4) is 67.5 Å². The Bertz CT molecular complexity index is 3320. The van der Waals surface area contributed by atoms with Crippen LogP contribution in [0.25, 0.3) is 111 Å². The number of pyridine rings is 1. The zero-order valence-electron chi connectivity index (χ0n) is 31.4. The van der Waals surface area contributed by atoms with E-state index in [1.807, 2.05) is 30.5 Å². The van der Waals surface area contributed by atoms with Gasteiger partial charge in [0.15, 0.2) is 17.5 Å². The van der Waals surface area contributed by atoms with Gasteiger partial charge in [-0.15, -0.1) is 0 Å². The highest BCUT2D eigenvalue weighted by Gasteiger charge is 2.20. The van der Waals surface area contributed by atoms with Crippen LogP contribution in [-0.4, -0.2) is 19.9 Å². The predicted molar refractivity (Wildman–Crippen MR) is 240 cm³/mol. The van der Waals surface area contributed by atoms with Crippen molar-refractivity contribution in [1.29, 1.82) is 0 Å². The molecular formula is C54H34N4. The maximum absolute atomic E-state index is 5.28. The van der Waals surface area contributed by atoms with Gasteiger partial charge >= 0.3 is 0 Å². The quantitative estimate of drug-likeness (QED) is 0.159. The van der Waals surface area contributed by atoms with E-state index in [1.165, 1.54) is 32.3 Å². The Morgan fingerprint density at radius 2 is 0.793 bits per heavy atom. The van der Waals surface area contributed by atoms with E-state index in [9.17, 15) is 0 Å². The summed E-state index contributed by atoms with van der Waals surface area (Å²) in [4.78, 5) is 20.3. The summed E-state index contributed by atoms with van der Waals surface area (Å²) < 4.78 is 0. The second-order valence-electron chi connectivity index (χ2n) is 14.6. The summed E-state index contributed by atoms with van der Waals surface area (Å²) in [5, 5.41) is 8.44. The van der Waals surface area contributed by atoms with E-state index in [2.05, 4.69) is 176 Å². The van der Waals surface area contributed by atoms with Gasteiger partial charge in [0.2, 0.25) is 0 Å². The topological polar surface area (TPSA) is 51.6 Å². The molecule has 11 rings (SSSR count). The van der Waals surface area contributed by atoms with Crippen LogP contribution in [0.15, 0.2) is 206 Å². The van der Waals surface area contributed by atoms with Crippen LogP contribution in [0.2, 0.25) is 0 Å². The minimum Gasteiger partial charge on any atom is -0.256 e. The molecule has 0 saturated carbocycles. The number of fused-ring (bicyclic) bond motifs is 7. The average Bonchev–Trinajstić information content (AvgIpc) is 3.31. The van der Waals surface area contributed by atoms with Crippen LogP contribution in [0.3, 0.4) is 0 Å². The number of benzene rings is 9. The highest BCUT2D eigenvalue weighted by molar-refractivity contribution is 6.29. The fraction of sp³-hybridized carbons (Fsp3) is 0. The van der Waals surface area contributed by atoms with Crippen molar-refractivity contribution in [1.82, 2.24) is 19.9 Å². The standard InChI is InChI=1S/C54H34N4/c1-3-15-35(16-4-1)40-33-48-44-23-8-7-21-42(44)43-22-9-11-25-46(43)50(48)49(34-40)45-24-10-12-26-47(45)54-57-52(38-17-5-2-6-18-38)56-53(58-54)39-30-28-36(29-31-39)41-27-13-19-37-20-14-32-55-51(37)41/h1-34H. The number of para-hydroxylation sites is 1. The van der Waals surface area contributed by atoms with Gasteiger partial charge in [0, 0.05) is 33.8 Å². The summed E-state index contributed by atoms with van der Waals surface area (Å²) >= 11 is 0. The molecule has 0 bridgehead atoms. The zero-order valence-corrected chi connectivity index (χ0v) is 31.4. The number of hydrogen-bond acceptors (Lipinski definition) is 4. The van der Waals surface area contributed by atoms with E-state index >= 15 is 0 Å². The van der Waals surface area contributed by atoms with E-state index in [1.54, 1.807) is 0 Å². The lowest BCUT2D eigenvalue weighted by atomic mass is 9.85. The summed E-state index contributed by atoms with van der Waals surface area (Å²) in [5.74, 6) is 1.85. The van der Waals surface area contributed by atoms with Crippen LogP contribution in [-0.2, 0) is 0 Å². The fourth-order valence-corrected chi connectivity index (χ4v) is 8.43. The number of hydrogen-bond donors (Lipinski definition) is 0. The summed E-state index contributed by atoms with van der Waals surface area (Å²) in [5.41, 5.74) is 10.4. The SMILES string of the molecule is c1ccc(-c2cc(-c3ccccc3-c3nc(-c4ccccc4)nc(-c4ccc(-c5cccc6cccnc56)cc4)n3)c3c4ccccc4c4ccccc4c3c2)cc1. The zero-order chi connectivity index (χ0) is 38.4. The van der Waals surface area contributed by atoms with Crippen LogP contribution in [0.1, 0.15) is 0 Å². The molecule has 0 unspecified atom stereocenters. The molecule has 270 valence electrons. The van der Waals surface area contributed by atoms with Crippen molar-refractivity contribution in [3.05, 3.63) is 206 Å². The highest BCUT2D eigenvalue weighted by Crippen LogP contribution is 2.45. The smallest absolute Gasteiger partial charge is 0.164 e. The Morgan fingerprint density at radius 3 is 1.52 bits per heavy atom. The molecule has 0 saturated heterocycles. The van der Waals surface area contributed by atoms with Crippen molar-refractivity contribution in [3.63, 3.8) is 0 Å². The first-order chi connectivity index (χ1) is 28.8. The highest BCUT2D eigenvalue weighted by atomic mass is 15.0. The van der Waals surface area contributed by atoms with Gasteiger partial charge in [-0.25, -0.2) is 15.0 Å². The van der Waals surface area contributed by atoms with E-state index < -0.39 is 0 Å².